The highest BCUT2D eigenvalue weighted by Crippen LogP contribution is 2.28. The van der Waals surface area contributed by atoms with Crippen molar-refractivity contribution in [2.45, 2.75) is 19.8 Å². The van der Waals surface area contributed by atoms with Gasteiger partial charge in [0.05, 0.1) is 6.61 Å². The molecule has 2 heterocycles. The topological polar surface area (TPSA) is 66.9 Å². The molecule has 0 aromatic carbocycles. The van der Waals surface area contributed by atoms with Crippen LogP contribution in [0.5, 0.6) is 5.88 Å². The Morgan fingerprint density at radius 3 is 3.08 bits per heavy atom. The summed E-state index contributed by atoms with van der Waals surface area (Å²) < 4.78 is 21.6. The molecule has 24 heavy (non-hydrogen) atoms. The minimum Gasteiger partial charge on any atom is -0.462 e. The van der Waals surface area contributed by atoms with Gasteiger partial charge >= 0.3 is 11.9 Å². The molecule has 0 fully saturated rings. The molecular weight excluding hydrogens is 310 g/mol. The van der Waals surface area contributed by atoms with Gasteiger partial charge in [0.2, 0.25) is 5.88 Å². The molecule has 1 aromatic rings. The number of hydrogen-bond donors (Lipinski definition) is 0. The molecule has 6 heteroatoms. The molecule has 0 saturated heterocycles. The molecule has 0 spiro atoms. The molecule has 2 aliphatic rings. The van der Waals surface area contributed by atoms with Crippen LogP contribution in [0.4, 0.5) is 0 Å². The molecule has 6 nitrogen and oxygen atoms in total. The van der Waals surface area contributed by atoms with Gasteiger partial charge in [-0.3, -0.25) is 0 Å². The van der Waals surface area contributed by atoms with Gasteiger partial charge in [-0.2, -0.15) is 0 Å². The van der Waals surface area contributed by atoms with Gasteiger partial charge in [0.1, 0.15) is 11.8 Å². The zero-order valence-corrected chi connectivity index (χ0v) is 13.2. The lowest BCUT2D eigenvalue weighted by Gasteiger charge is -2.19. The maximum Gasteiger partial charge on any atom is 0.343 e. The average Bonchev–Trinajstić information content (AvgIpc) is 2.63. The van der Waals surface area contributed by atoms with Gasteiger partial charge in [-0.05, 0) is 37.5 Å². The number of pyridine rings is 1. The van der Waals surface area contributed by atoms with E-state index in [9.17, 15) is 4.79 Å². The summed E-state index contributed by atoms with van der Waals surface area (Å²) in [5.74, 6) is 0.274. The molecule has 1 aromatic heterocycles. The van der Waals surface area contributed by atoms with Crippen LogP contribution in [0.1, 0.15) is 30.1 Å². The minimum absolute atomic E-state index is 0.101. The van der Waals surface area contributed by atoms with Crippen LogP contribution in [0.25, 0.3) is 0 Å². The summed E-state index contributed by atoms with van der Waals surface area (Å²) in [7, 11) is 0. The SMILES string of the molecule is CCOC(=O)c1cccnc1OC1=COC=C(C2=CC=CCC2)O1. The Labute approximate surface area is 139 Å². The van der Waals surface area contributed by atoms with Gasteiger partial charge < -0.3 is 18.9 Å². The normalized spacial score (nSPS) is 16.1. The van der Waals surface area contributed by atoms with E-state index in [-0.39, 0.29) is 24.0 Å². The van der Waals surface area contributed by atoms with Gasteiger partial charge in [0.15, 0.2) is 12.0 Å². The van der Waals surface area contributed by atoms with E-state index in [4.69, 9.17) is 18.9 Å². The van der Waals surface area contributed by atoms with Gasteiger partial charge in [-0.15, -0.1) is 0 Å². The van der Waals surface area contributed by atoms with Crippen LogP contribution in [0.3, 0.4) is 0 Å². The summed E-state index contributed by atoms with van der Waals surface area (Å²) in [6.45, 7) is 2.00. The van der Waals surface area contributed by atoms with E-state index in [2.05, 4.69) is 11.1 Å². The lowest BCUT2D eigenvalue weighted by atomic mass is 10.0. The molecule has 0 saturated carbocycles. The lowest BCUT2D eigenvalue weighted by molar-refractivity contribution is 0.0516. The molecule has 1 aliphatic heterocycles. The summed E-state index contributed by atoms with van der Waals surface area (Å²) in [4.78, 5) is 16.0. The van der Waals surface area contributed by atoms with E-state index in [0.717, 1.165) is 18.4 Å². The first-order valence-corrected chi connectivity index (χ1v) is 7.67. The van der Waals surface area contributed by atoms with Crippen molar-refractivity contribution in [2.24, 2.45) is 0 Å². The first kappa shape index (κ1) is 15.9. The Morgan fingerprint density at radius 1 is 1.38 bits per heavy atom. The van der Waals surface area contributed by atoms with Crippen LogP contribution in [0, 0.1) is 0 Å². The van der Waals surface area contributed by atoms with Crippen molar-refractivity contribution in [1.29, 1.82) is 0 Å². The standard InChI is InChI=1S/C18H17NO5/c1-2-22-18(20)14-9-6-10-19-17(14)24-16-12-21-11-15(23-16)13-7-4-3-5-8-13/h3-4,6-7,9-12H,2,5,8H2,1H3. The summed E-state index contributed by atoms with van der Waals surface area (Å²) in [6.07, 6.45) is 12.2. The van der Waals surface area contributed by atoms with E-state index >= 15 is 0 Å². The molecular formula is C18H17NO5. The number of ether oxygens (including phenoxy) is 4. The largest absolute Gasteiger partial charge is 0.462 e. The average molecular weight is 327 g/mol. The van der Waals surface area contributed by atoms with Crippen LogP contribution >= 0.6 is 0 Å². The number of esters is 1. The second-order valence-electron chi connectivity index (χ2n) is 4.99. The van der Waals surface area contributed by atoms with Crippen LogP contribution in [-0.2, 0) is 14.2 Å². The van der Waals surface area contributed by atoms with Gasteiger partial charge in [0.25, 0.3) is 0 Å². The van der Waals surface area contributed by atoms with Gasteiger partial charge in [-0.25, -0.2) is 9.78 Å². The molecule has 0 radical (unpaired) electrons. The fourth-order valence-corrected chi connectivity index (χ4v) is 2.23. The Kier molecular flexibility index (Phi) is 4.96. The van der Waals surface area contributed by atoms with E-state index in [1.807, 2.05) is 12.2 Å². The Bertz CT molecular complexity index is 746. The van der Waals surface area contributed by atoms with E-state index < -0.39 is 5.97 Å². The van der Waals surface area contributed by atoms with Crippen molar-refractivity contribution in [3.8, 4) is 5.88 Å². The van der Waals surface area contributed by atoms with E-state index in [1.165, 1.54) is 18.7 Å². The number of nitrogens with zero attached hydrogens (tertiary/aromatic N) is 1. The third-order valence-electron chi connectivity index (χ3n) is 3.34. The van der Waals surface area contributed by atoms with E-state index in [0.29, 0.717) is 5.76 Å². The highest BCUT2D eigenvalue weighted by Gasteiger charge is 2.20. The van der Waals surface area contributed by atoms with Crippen molar-refractivity contribution in [3.05, 3.63) is 71.9 Å². The maximum atomic E-state index is 12.0. The molecule has 0 atom stereocenters. The molecule has 1 aliphatic carbocycles. The van der Waals surface area contributed by atoms with E-state index in [1.54, 1.807) is 19.1 Å². The van der Waals surface area contributed by atoms with Crippen molar-refractivity contribution in [1.82, 2.24) is 4.98 Å². The Morgan fingerprint density at radius 2 is 2.29 bits per heavy atom. The van der Waals surface area contributed by atoms with Crippen LogP contribution in [0.15, 0.2) is 66.4 Å². The highest BCUT2D eigenvalue weighted by molar-refractivity contribution is 5.91. The highest BCUT2D eigenvalue weighted by atomic mass is 16.7. The third kappa shape index (κ3) is 3.65. The number of allylic oxidation sites excluding steroid dienone is 4. The first-order valence-electron chi connectivity index (χ1n) is 7.67. The predicted molar refractivity (Wildman–Crippen MR) is 85.6 cm³/mol. The fraction of sp³-hybridized carbons (Fsp3) is 0.222. The predicted octanol–water partition coefficient (Wildman–Crippen LogP) is 3.60. The molecule has 0 unspecified atom stereocenters. The number of rotatable bonds is 5. The summed E-state index contributed by atoms with van der Waals surface area (Å²) >= 11 is 0. The van der Waals surface area contributed by atoms with Gasteiger partial charge in [0, 0.05) is 6.20 Å². The molecule has 0 N–H and O–H groups in total. The number of aromatic nitrogens is 1. The Hall–Kier alpha value is -3.02. The lowest BCUT2D eigenvalue weighted by Crippen LogP contribution is -2.12. The maximum absolute atomic E-state index is 12.0. The number of hydrogen-bond acceptors (Lipinski definition) is 6. The summed E-state index contributed by atoms with van der Waals surface area (Å²) in [6, 6.07) is 3.21. The fourth-order valence-electron chi connectivity index (χ4n) is 2.23. The molecule has 3 rings (SSSR count). The molecule has 0 bridgehead atoms. The van der Waals surface area contributed by atoms with Gasteiger partial charge in [-0.1, -0.05) is 18.2 Å². The first-order chi connectivity index (χ1) is 11.8. The molecule has 124 valence electrons. The monoisotopic (exact) mass is 327 g/mol. The van der Waals surface area contributed by atoms with Crippen LogP contribution in [0.2, 0.25) is 0 Å². The quantitative estimate of drug-likeness (QED) is 0.770. The van der Waals surface area contributed by atoms with Crippen molar-refractivity contribution in [2.75, 3.05) is 6.61 Å². The van der Waals surface area contributed by atoms with Crippen LogP contribution in [-0.4, -0.2) is 17.6 Å². The second kappa shape index (κ2) is 7.50. The number of carbonyl (C=O) groups is 1. The van der Waals surface area contributed by atoms with Crippen LogP contribution < -0.4 is 4.74 Å². The second-order valence-corrected chi connectivity index (χ2v) is 4.99. The zero-order chi connectivity index (χ0) is 16.8. The summed E-state index contributed by atoms with van der Waals surface area (Å²) in [5.41, 5.74) is 1.23. The number of carbonyl (C=O) groups excluding carboxylic acids is 1. The zero-order valence-electron chi connectivity index (χ0n) is 13.2. The minimum atomic E-state index is -0.506. The van der Waals surface area contributed by atoms with Crippen molar-refractivity contribution >= 4 is 5.97 Å². The summed E-state index contributed by atoms with van der Waals surface area (Å²) in [5, 5.41) is 0. The van der Waals surface area contributed by atoms with Crippen molar-refractivity contribution < 1.29 is 23.7 Å². The smallest absolute Gasteiger partial charge is 0.343 e. The molecule has 0 amide bonds. The third-order valence-corrected chi connectivity index (χ3v) is 3.34. The Balaban J connectivity index is 1.73. The van der Waals surface area contributed by atoms with Crippen molar-refractivity contribution in [3.63, 3.8) is 0 Å².